The maximum Gasteiger partial charge on any atom is 0.349 e. The molecule has 0 radical (unpaired) electrons. The smallest absolute Gasteiger partial charge is 0.349 e. The molecule has 3 saturated heterocycles. The Labute approximate surface area is 154 Å². The van der Waals surface area contributed by atoms with E-state index in [1.807, 2.05) is 13.0 Å². The highest BCUT2D eigenvalue weighted by Crippen LogP contribution is 2.28. The van der Waals surface area contributed by atoms with Crippen LogP contribution in [0.15, 0.2) is 15.3 Å². The molecule has 0 saturated carbocycles. The minimum atomic E-state index is -0.491. The molecule has 4 heterocycles. The van der Waals surface area contributed by atoms with E-state index in [2.05, 4.69) is 15.5 Å². The zero-order chi connectivity index (χ0) is 18.1. The fourth-order valence-electron chi connectivity index (χ4n) is 4.91. The normalized spacial score (nSPS) is 27.3. The number of rotatable bonds is 3. The van der Waals surface area contributed by atoms with Crippen molar-refractivity contribution in [2.45, 2.75) is 63.5 Å². The van der Waals surface area contributed by atoms with Crippen LogP contribution in [0.4, 0.5) is 0 Å². The largest absolute Gasteiger partial charge is 0.427 e. The van der Waals surface area contributed by atoms with Crippen LogP contribution >= 0.6 is 0 Å². The van der Waals surface area contributed by atoms with E-state index in [1.54, 1.807) is 0 Å². The van der Waals surface area contributed by atoms with E-state index in [-0.39, 0.29) is 23.4 Å². The van der Waals surface area contributed by atoms with E-state index in [4.69, 9.17) is 4.42 Å². The van der Waals surface area contributed by atoms with Gasteiger partial charge in [-0.25, -0.2) is 4.79 Å². The zero-order valence-electron chi connectivity index (χ0n) is 15.6. The number of hydrogen-bond acceptors (Lipinski definition) is 5. The number of nitrogens with zero attached hydrogens (tertiary/aromatic N) is 1. The van der Waals surface area contributed by atoms with Gasteiger partial charge in [-0.05, 0) is 83.3 Å². The molecular formula is C20H29N3O3. The van der Waals surface area contributed by atoms with Crippen molar-refractivity contribution in [3.63, 3.8) is 0 Å². The molecule has 2 N–H and O–H groups in total. The first-order valence-electron chi connectivity index (χ1n) is 10.0. The van der Waals surface area contributed by atoms with Crippen LogP contribution in [-0.2, 0) is 0 Å². The summed E-state index contributed by atoms with van der Waals surface area (Å²) < 4.78 is 5.57. The van der Waals surface area contributed by atoms with Crippen LogP contribution in [0.3, 0.4) is 0 Å². The average molecular weight is 359 g/mol. The number of carbonyl (C=O) groups excluding carboxylic acids is 1. The van der Waals surface area contributed by atoms with Gasteiger partial charge in [-0.2, -0.15) is 0 Å². The molecule has 3 fully saturated rings. The van der Waals surface area contributed by atoms with Crippen molar-refractivity contribution in [2.24, 2.45) is 0 Å². The molecular weight excluding hydrogens is 330 g/mol. The second-order valence-corrected chi connectivity index (χ2v) is 7.99. The number of piperidine rings is 2. The summed E-state index contributed by atoms with van der Waals surface area (Å²) in [6.45, 7) is 5.98. The molecule has 0 aromatic carbocycles. The van der Waals surface area contributed by atoms with Crippen molar-refractivity contribution < 1.29 is 9.21 Å². The van der Waals surface area contributed by atoms with Crippen LogP contribution in [0.25, 0.3) is 0 Å². The molecule has 3 aliphatic rings. The lowest BCUT2D eigenvalue weighted by molar-refractivity contribution is 0.0863. The lowest BCUT2D eigenvalue weighted by Gasteiger charge is -2.37. The summed E-state index contributed by atoms with van der Waals surface area (Å²) in [7, 11) is 0. The van der Waals surface area contributed by atoms with Crippen LogP contribution < -0.4 is 16.3 Å². The lowest BCUT2D eigenvalue weighted by atomic mass is 9.93. The Morgan fingerprint density at radius 1 is 1.19 bits per heavy atom. The maximum atomic E-state index is 12.8. The van der Waals surface area contributed by atoms with Gasteiger partial charge in [0.2, 0.25) is 0 Å². The minimum absolute atomic E-state index is 0.140. The molecule has 0 spiro atoms. The second-order valence-electron chi connectivity index (χ2n) is 7.99. The Morgan fingerprint density at radius 2 is 1.92 bits per heavy atom. The van der Waals surface area contributed by atoms with Crippen molar-refractivity contribution in [1.29, 1.82) is 0 Å². The Bertz CT molecular complexity index is 724. The molecule has 1 amide bonds. The first kappa shape index (κ1) is 17.7. The number of carbonyl (C=O) groups is 1. The van der Waals surface area contributed by atoms with Gasteiger partial charge in [-0.1, -0.05) is 0 Å². The van der Waals surface area contributed by atoms with Crippen molar-refractivity contribution in [2.75, 3.05) is 26.2 Å². The van der Waals surface area contributed by atoms with E-state index in [9.17, 15) is 9.59 Å². The van der Waals surface area contributed by atoms with E-state index in [0.29, 0.717) is 6.04 Å². The predicted octanol–water partition coefficient (Wildman–Crippen LogP) is 1.77. The van der Waals surface area contributed by atoms with Crippen LogP contribution in [0.1, 0.15) is 66.1 Å². The highest BCUT2D eigenvalue weighted by atomic mass is 16.4. The standard InChI is InChI=1S/C20H29N3O3/c1-13-12-17(14-6-8-21-9-7-14)26-20(25)18(13)19(24)22-15-4-2-10-23-11-3-5-16(15)23/h12,14-16,21H,2-11H2,1H3,(H,22,24)/t15-,16-/m0/s1. The third kappa shape index (κ3) is 3.45. The third-order valence-electron chi connectivity index (χ3n) is 6.29. The molecule has 1 aromatic rings. The Balaban J connectivity index is 1.51. The van der Waals surface area contributed by atoms with Gasteiger partial charge < -0.3 is 15.1 Å². The number of hydrogen-bond donors (Lipinski definition) is 2. The molecule has 0 unspecified atom stereocenters. The molecule has 6 nitrogen and oxygen atoms in total. The first-order valence-corrected chi connectivity index (χ1v) is 10.0. The molecule has 0 bridgehead atoms. The molecule has 142 valence electrons. The van der Waals surface area contributed by atoms with Gasteiger partial charge in [0.1, 0.15) is 11.3 Å². The summed E-state index contributed by atoms with van der Waals surface area (Å²) in [6, 6.07) is 2.46. The highest BCUT2D eigenvalue weighted by molar-refractivity contribution is 5.95. The summed E-state index contributed by atoms with van der Waals surface area (Å²) in [5.74, 6) is 0.724. The van der Waals surface area contributed by atoms with Crippen LogP contribution in [-0.4, -0.2) is 49.1 Å². The quantitative estimate of drug-likeness (QED) is 0.860. The summed E-state index contributed by atoms with van der Waals surface area (Å²) in [6.07, 6.45) is 6.35. The number of fused-ring (bicyclic) bond motifs is 1. The lowest BCUT2D eigenvalue weighted by Crippen LogP contribution is -2.53. The van der Waals surface area contributed by atoms with Gasteiger partial charge in [-0.15, -0.1) is 0 Å². The zero-order valence-corrected chi connectivity index (χ0v) is 15.6. The van der Waals surface area contributed by atoms with E-state index < -0.39 is 5.63 Å². The number of nitrogens with one attached hydrogen (secondary N) is 2. The van der Waals surface area contributed by atoms with Gasteiger partial charge in [0.25, 0.3) is 5.91 Å². The van der Waals surface area contributed by atoms with Crippen LogP contribution in [0.2, 0.25) is 0 Å². The van der Waals surface area contributed by atoms with Crippen LogP contribution in [0, 0.1) is 6.92 Å². The topological polar surface area (TPSA) is 74.6 Å². The number of aryl methyl sites for hydroxylation is 1. The van der Waals surface area contributed by atoms with Crippen LogP contribution in [0.5, 0.6) is 0 Å². The van der Waals surface area contributed by atoms with Crippen molar-refractivity contribution in [3.8, 4) is 0 Å². The highest BCUT2D eigenvalue weighted by Gasteiger charge is 2.36. The fourth-order valence-corrected chi connectivity index (χ4v) is 4.91. The molecule has 6 heteroatoms. The molecule has 2 atom stereocenters. The monoisotopic (exact) mass is 359 g/mol. The molecule has 1 aromatic heterocycles. The fraction of sp³-hybridized carbons (Fsp3) is 0.700. The second kappa shape index (κ2) is 7.53. The van der Waals surface area contributed by atoms with E-state index >= 15 is 0 Å². The average Bonchev–Trinajstić information content (AvgIpc) is 3.11. The van der Waals surface area contributed by atoms with E-state index in [1.165, 1.54) is 6.42 Å². The third-order valence-corrected chi connectivity index (χ3v) is 6.29. The molecule has 26 heavy (non-hydrogen) atoms. The summed E-state index contributed by atoms with van der Waals surface area (Å²) >= 11 is 0. The SMILES string of the molecule is Cc1cc(C2CCNCC2)oc(=O)c1C(=O)N[C@H]1CCCN2CCC[C@@H]12. The molecule has 3 aliphatic heterocycles. The Kier molecular flexibility index (Phi) is 5.14. The Hall–Kier alpha value is -1.66. The summed E-state index contributed by atoms with van der Waals surface area (Å²) in [5, 5.41) is 6.46. The van der Waals surface area contributed by atoms with Gasteiger partial charge in [0.15, 0.2) is 0 Å². The number of amides is 1. The summed E-state index contributed by atoms with van der Waals surface area (Å²) in [4.78, 5) is 27.9. The minimum Gasteiger partial charge on any atom is -0.427 e. The van der Waals surface area contributed by atoms with Gasteiger partial charge in [0, 0.05) is 18.0 Å². The Morgan fingerprint density at radius 3 is 2.65 bits per heavy atom. The maximum absolute atomic E-state index is 12.8. The first-order chi connectivity index (χ1) is 12.6. The predicted molar refractivity (Wildman–Crippen MR) is 99.6 cm³/mol. The molecule has 0 aliphatic carbocycles. The van der Waals surface area contributed by atoms with E-state index in [0.717, 1.165) is 69.6 Å². The van der Waals surface area contributed by atoms with Crippen molar-refractivity contribution in [3.05, 3.63) is 33.4 Å². The summed E-state index contributed by atoms with van der Waals surface area (Å²) in [5.41, 5.74) is 0.416. The van der Waals surface area contributed by atoms with Gasteiger partial charge in [-0.3, -0.25) is 9.69 Å². The van der Waals surface area contributed by atoms with Crippen molar-refractivity contribution in [1.82, 2.24) is 15.5 Å². The van der Waals surface area contributed by atoms with Gasteiger partial charge >= 0.3 is 5.63 Å². The van der Waals surface area contributed by atoms with Gasteiger partial charge in [0.05, 0.1) is 0 Å². The van der Waals surface area contributed by atoms with Crippen molar-refractivity contribution >= 4 is 5.91 Å². The molecule has 4 rings (SSSR count).